The highest BCUT2D eigenvalue weighted by Gasteiger charge is 2.20. The van der Waals surface area contributed by atoms with Crippen LogP contribution in [0.15, 0.2) is 18.2 Å². The van der Waals surface area contributed by atoms with E-state index in [-0.39, 0.29) is 0 Å². The molecule has 0 spiro atoms. The molecule has 1 atom stereocenters. The Hall–Kier alpha value is -0.860. The van der Waals surface area contributed by atoms with Crippen LogP contribution in [0.2, 0.25) is 0 Å². The summed E-state index contributed by atoms with van der Waals surface area (Å²) in [7, 11) is 0. The molecule has 2 nitrogen and oxygen atoms in total. The van der Waals surface area contributed by atoms with Crippen LogP contribution in [0.5, 0.6) is 0 Å². The first-order chi connectivity index (χ1) is 8.72. The van der Waals surface area contributed by atoms with Crippen LogP contribution in [-0.2, 0) is 6.54 Å². The number of benzene rings is 1. The zero-order valence-electron chi connectivity index (χ0n) is 12.0. The standard InChI is InChI=1S/C16H26N2/c1-4-18(16-9-6-10-17-11-16)12-15-8-5-7-13(2)14(15)3/h5,7-8,16-17H,4,6,9-12H2,1-3H3. The third kappa shape index (κ3) is 3.12. The van der Waals surface area contributed by atoms with Gasteiger partial charge in [-0.2, -0.15) is 0 Å². The molecule has 1 heterocycles. The highest BCUT2D eigenvalue weighted by Crippen LogP contribution is 2.18. The second kappa shape index (κ2) is 6.35. The zero-order chi connectivity index (χ0) is 13.0. The third-order valence-electron chi connectivity index (χ3n) is 4.28. The molecule has 1 aliphatic rings. The Morgan fingerprint density at radius 1 is 1.33 bits per heavy atom. The van der Waals surface area contributed by atoms with Gasteiger partial charge in [0.15, 0.2) is 0 Å². The summed E-state index contributed by atoms with van der Waals surface area (Å²) in [5, 5.41) is 3.52. The minimum Gasteiger partial charge on any atom is -0.315 e. The Labute approximate surface area is 111 Å². The van der Waals surface area contributed by atoms with E-state index in [0.717, 1.165) is 19.6 Å². The van der Waals surface area contributed by atoms with Crippen molar-refractivity contribution in [2.75, 3.05) is 19.6 Å². The largest absolute Gasteiger partial charge is 0.315 e. The third-order valence-corrected chi connectivity index (χ3v) is 4.28. The fourth-order valence-electron chi connectivity index (χ4n) is 2.85. The zero-order valence-corrected chi connectivity index (χ0v) is 12.0. The van der Waals surface area contributed by atoms with Crippen LogP contribution in [0.25, 0.3) is 0 Å². The van der Waals surface area contributed by atoms with Crippen LogP contribution in [0, 0.1) is 13.8 Å². The van der Waals surface area contributed by atoms with E-state index >= 15 is 0 Å². The molecule has 100 valence electrons. The number of aryl methyl sites for hydroxylation is 1. The fraction of sp³-hybridized carbons (Fsp3) is 0.625. The van der Waals surface area contributed by atoms with E-state index in [1.807, 2.05) is 0 Å². The summed E-state index contributed by atoms with van der Waals surface area (Å²) >= 11 is 0. The van der Waals surface area contributed by atoms with Gasteiger partial charge in [0.05, 0.1) is 0 Å². The normalized spacial score (nSPS) is 20.3. The van der Waals surface area contributed by atoms with Gasteiger partial charge in [0.2, 0.25) is 0 Å². The summed E-state index contributed by atoms with van der Waals surface area (Å²) in [4.78, 5) is 2.62. The fourth-order valence-corrected chi connectivity index (χ4v) is 2.85. The number of hydrogen-bond acceptors (Lipinski definition) is 2. The van der Waals surface area contributed by atoms with Gasteiger partial charge in [-0.1, -0.05) is 25.1 Å². The predicted molar refractivity (Wildman–Crippen MR) is 77.9 cm³/mol. The quantitative estimate of drug-likeness (QED) is 0.879. The monoisotopic (exact) mass is 246 g/mol. The average Bonchev–Trinajstić information content (AvgIpc) is 2.41. The molecule has 18 heavy (non-hydrogen) atoms. The van der Waals surface area contributed by atoms with Crippen LogP contribution in [0.1, 0.15) is 36.5 Å². The molecule has 0 aliphatic carbocycles. The Balaban J connectivity index is 2.07. The van der Waals surface area contributed by atoms with Crippen molar-refractivity contribution in [1.29, 1.82) is 0 Å². The van der Waals surface area contributed by atoms with Gasteiger partial charge in [-0.3, -0.25) is 4.90 Å². The van der Waals surface area contributed by atoms with Crippen molar-refractivity contribution in [2.24, 2.45) is 0 Å². The second-order valence-electron chi connectivity index (χ2n) is 5.42. The van der Waals surface area contributed by atoms with Crippen LogP contribution in [0.3, 0.4) is 0 Å². The maximum absolute atomic E-state index is 3.52. The van der Waals surface area contributed by atoms with Crippen molar-refractivity contribution in [3.63, 3.8) is 0 Å². The lowest BCUT2D eigenvalue weighted by molar-refractivity contribution is 0.166. The van der Waals surface area contributed by atoms with Crippen molar-refractivity contribution in [3.8, 4) is 0 Å². The molecule has 1 unspecified atom stereocenters. The molecule has 1 aliphatic heterocycles. The molecule has 1 aromatic rings. The van der Waals surface area contributed by atoms with Gasteiger partial charge in [-0.05, 0) is 56.5 Å². The number of hydrogen-bond donors (Lipinski definition) is 1. The van der Waals surface area contributed by atoms with Crippen LogP contribution >= 0.6 is 0 Å². The van der Waals surface area contributed by atoms with Gasteiger partial charge >= 0.3 is 0 Å². The molecule has 0 aromatic heterocycles. The first-order valence-electron chi connectivity index (χ1n) is 7.22. The number of piperidine rings is 1. The molecule has 0 bridgehead atoms. The maximum Gasteiger partial charge on any atom is 0.0239 e. The first kappa shape index (κ1) is 13.6. The van der Waals surface area contributed by atoms with Crippen molar-refractivity contribution in [1.82, 2.24) is 10.2 Å². The van der Waals surface area contributed by atoms with Crippen molar-refractivity contribution in [2.45, 2.75) is 46.2 Å². The Morgan fingerprint density at radius 2 is 2.17 bits per heavy atom. The summed E-state index contributed by atoms with van der Waals surface area (Å²) in [6, 6.07) is 7.38. The molecule has 1 fully saturated rings. The lowest BCUT2D eigenvalue weighted by Crippen LogP contribution is -2.45. The molecule has 0 saturated carbocycles. The first-order valence-corrected chi connectivity index (χ1v) is 7.22. The summed E-state index contributed by atoms with van der Waals surface area (Å²) in [5.41, 5.74) is 4.35. The van der Waals surface area contributed by atoms with E-state index in [1.54, 1.807) is 0 Å². The van der Waals surface area contributed by atoms with Crippen molar-refractivity contribution >= 4 is 0 Å². The van der Waals surface area contributed by atoms with Crippen molar-refractivity contribution in [3.05, 3.63) is 34.9 Å². The smallest absolute Gasteiger partial charge is 0.0239 e. The summed E-state index contributed by atoms with van der Waals surface area (Å²) < 4.78 is 0. The minimum absolute atomic E-state index is 0.712. The molecule has 1 aromatic carbocycles. The molecular formula is C16H26N2. The van der Waals surface area contributed by atoms with E-state index in [4.69, 9.17) is 0 Å². The number of nitrogens with zero attached hydrogens (tertiary/aromatic N) is 1. The van der Waals surface area contributed by atoms with E-state index < -0.39 is 0 Å². The van der Waals surface area contributed by atoms with Crippen LogP contribution < -0.4 is 5.32 Å². The van der Waals surface area contributed by atoms with E-state index in [1.165, 1.54) is 36.1 Å². The molecule has 1 N–H and O–H groups in total. The Bertz CT molecular complexity index is 381. The van der Waals surface area contributed by atoms with E-state index in [9.17, 15) is 0 Å². The molecular weight excluding hydrogens is 220 g/mol. The average molecular weight is 246 g/mol. The molecule has 2 rings (SSSR count). The number of rotatable bonds is 4. The Kier molecular flexibility index (Phi) is 4.79. The highest BCUT2D eigenvalue weighted by molar-refractivity contribution is 5.33. The predicted octanol–water partition coefficient (Wildman–Crippen LogP) is 2.88. The SMILES string of the molecule is CCN(Cc1cccc(C)c1C)C1CCCNC1. The van der Waals surface area contributed by atoms with Gasteiger partial charge in [0, 0.05) is 19.1 Å². The van der Waals surface area contributed by atoms with Gasteiger partial charge in [0.1, 0.15) is 0 Å². The second-order valence-corrected chi connectivity index (χ2v) is 5.42. The van der Waals surface area contributed by atoms with E-state index in [2.05, 4.69) is 49.2 Å². The Morgan fingerprint density at radius 3 is 2.83 bits per heavy atom. The lowest BCUT2D eigenvalue weighted by atomic mass is 10.0. The van der Waals surface area contributed by atoms with Gasteiger partial charge < -0.3 is 5.32 Å². The van der Waals surface area contributed by atoms with Crippen LogP contribution in [0.4, 0.5) is 0 Å². The summed E-state index contributed by atoms with van der Waals surface area (Å²) in [6.45, 7) is 11.3. The molecule has 2 heteroatoms. The van der Waals surface area contributed by atoms with Crippen molar-refractivity contribution < 1.29 is 0 Å². The van der Waals surface area contributed by atoms with Gasteiger partial charge in [0.25, 0.3) is 0 Å². The minimum atomic E-state index is 0.712. The molecule has 0 radical (unpaired) electrons. The number of nitrogens with one attached hydrogen (secondary N) is 1. The number of likely N-dealkylation sites (N-methyl/N-ethyl adjacent to an activating group) is 1. The van der Waals surface area contributed by atoms with Crippen LogP contribution in [-0.4, -0.2) is 30.6 Å². The molecule has 0 amide bonds. The van der Waals surface area contributed by atoms with E-state index in [0.29, 0.717) is 6.04 Å². The summed E-state index contributed by atoms with van der Waals surface area (Å²) in [5.74, 6) is 0. The summed E-state index contributed by atoms with van der Waals surface area (Å²) in [6.07, 6.45) is 2.65. The molecule has 1 saturated heterocycles. The maximum atomic E-state index is 3.52. The lowest BCUT2D eigenvalue weighted by Gasteiger charge is -2.34. The topological polar surface area (TPSA) is 15.3 Å². The van der Waals surface area contributed by atoms with Gasteiger partial charge in [-0.15, -0.1) is 0 Å². The highest BCUT2D eigenvalue weighted by atomic mass is 15.2. The van der Waals surface area contributed by atoms with Gasteiger partial charge in [-0.25, -0.2) is 0 Å².